The SMILES string of the molecule is CC12CC3CC(C1)CC(C)(C3)C2(C)N.F. The predicted molar refractivity (Wildman–Crippen MR) is 61.4 cm³/mol. The second kappa shape index (κ2) is 2.77. The van der Waals surface area contributed by atoms with Crippen molar-refractivity contribution in [2.75, 3.05) is 0 Å². The summed E-state index contributed by atoms with van der Waals surface area (Å²) in [6.45, 7) is 7.22. The van der Waals surface area contributed by atoms with Gasteiger partial charge < -0.3 is 5.73 Å². The normalized spacial score (nSPS) is 61.6. The van der Waals surface area contributed by atoms with Gasteiger partial charge in [0.05, 0.1) is 0 Å². The van der Waals surface area contributed by atoms with Gasteiger partial charge in [0.1, 0.15) is 0 Å². The van der Waals surface area contributed by atoms with E-state index in [0.29, 0.717) is 10.8 Å². The van der Waals surface area contributed by atoms with E-state index in [-0.39, 0.29) is 10.2 Å². The minimum absolute atomic E-state index is 0. The molecule has 15 heavy (non-hydrogen) atoms. The molecule has 0 heterocycles. The molecule has 4 bridgehead atoms. The first-order valence-electron chi connectivity index (χ1n) is 6.15. The highest BCUT2D eigenvalue weighted by Crippen LogP contribution is 2.68. The van der Waals surface area contributed by atoms with Gasteiger partial charge >= 0.3 is 0 Å². The molecular weight excluding hydrogens is 189 g/mol. The maximum absolute atomic E-state index is 6.68. The monoisotopic (exact) mass is 213 g/mol. The topological polar surface area (TPSA) is 26.0 Å². The van der Waals surface area contributed by atoms with E-state index in [2.05, 4.69) is 20.8 Å². The fraction of sp³-hybridized carbons (Fsp3) is 1.00. The van der Waals surface area contributed by atoms with Gasteiger partial charge in [-0.15, -0.1) is 0 Å². The average Bonchev–Trinajstić information content (AvgIpc) is 1.98. The zero-order valence-corrected chi connectivity index (χ0v) is 10.2. The minimum Gasteiger partial charge on any atom is -0.324 e. The van der Waals surface area contributed by atoms with Crippen LogP contribution in [-0.2, 0) is 0 Å². The van der Waals surface area contributed by atoms with E-state index >= 15 is 0 Å². The molecule has 0 amide bonds. The maximum Gasteiger partial charge on any atom is 0.0234 e. The van der Waals surface area contributed by atoms with E-state index in [9.17, 15) is 0 Å². The Balaban J connectivity index is 0.000000853. The summed E-state index contributed by atoms with van der Waals surface area (Å²) < 4.78 is 0. The molecule has 4 fully saturated rings. The second-order valence-electron chi connectivity index (χ2n) is 7.11. The Morgan fingerprint density at radius 1 is 0.867 bits per heavy atom. The van der Waals surface area contributed by atoms with Crippen molar-refractivity contribution < 1.29 is 4.70 Å². The van der Waals surface area contributed by atoms with E-state index in [0.717, 1.165) is 11.8 Å². The fourth-order valence-electron chi connectivity index (χ4n) is 5.24. The molecule has 4 aliphatic rings. The van der Waals surface area contributed by atoms with Crippen molar-refractivity contribution in [1.82, 2.24) is 0 Å². The number of hydrogen-bond acceptors (Lipinski definition) is 1. The fourth-order valence-corrected chi connectivity index (χ4v) is 5.24. The molecule has 0 aromatic rings. The smallest absolute Gasteiger partial charge is 0.0234 e. The lowest BCUT2D eigenvalue weighted by molar-refractivity contribution is -0.159. The minimum atomic E-state index is 0. The zero-order chi connectivity index (χ0) is 10.2. The Morgan fingerprint density at radius 3 is 1.53 bits per heavy atom. The lowest BCUT2D eigenvalue weighted by Crippen LogP contribution is -2.71. The summed E-state index contributed by atoms with van der Waals surface area (Å²) in [6.07, 6.45) is 7.08. The van der Waals surface area contributed by atoms with Crippen molar-refractivity contribution in [1.29, 1.82) is 0 Å². The first-order chi connectivity index (χ1) is 6.36. The van der Waals surface area contributed by atoms with E-state index in [1.807, 2.05) is 0 Å². The van der Waals surface area contributed by atoms with Gasteiger partial charge in [-0.25, -0.2) is 0 Å². The van der Waals surface area contributed by atoms with Crippen LogP contribution in [0.4, 0.5) is 4.70 Å². The number of hydrogen-bond donors (Lipinski definition) is 1. The van der Waals surface area contributed by atoms with Gasteiger partial charge in [-0.2, -0.15) is 0 Å². The summed E-state index contributed by atoms with van der Waals surface area (Å²) in [7, 11) is 0. The molecule has 1 nitrogen and oxygen atoms in total. The van der Waals surface area contributed by atoms with Crippen LogP contribution in [0.25, 0.3) is 0 Å². The highest BCUT2D eigenvalue weighted by atomic mass is 19.0. The van der Waals surface area contributed by atoms with Gasteiger partial charge in [0, 0.05) is 5.54 Å². The Labute approximate surface area is 92.2 Å². The lowest BCUT2D eigenvalue weighted by Gasteiger charge is -2.69. The van der Waals surface area contributed by atoms with Crippen molar-refractivity contribution >= 4 is 0 Å². The molecule has 0 saturated heterocycles. The van der Waals surface area contributed by atoms with Crippen molar-refractivity contribution in [2.24, 2.45) is 28.4 Å². The molecule has 4 saturated carbocycles. The number of halogens is 1. The summed E-state index contributed by atoms with van der Waals surface area (Å²) >= 11 is 0. The molecule has 2 heteroatoms. The van der Waals surface area contributed by atoms with Crippen LogP contribution in [0, 0.1) is 22.7 Å². The largest absolute Gasteiger partial charge is 0.324 e. The zero-order valence-electron chi connectivity index (χ0n) is 10.2. The van der Waals surface area contributed by atoms with Crippen molar-refractivity contribution in [3.8, 4) is 0 Å². The predicted octanol–water partition coefficient (Wildman–Crippen LogP) is 3.09. The Bertz CT molecular complexity index is 246. The maximum atomic E-state index is 6.68. The van der Waals surface area contributed by atoms with Crippen LogP contribution in [0.5, 0.6) is 0 Å². The average molecular weight is 213 g/mol. The molecule has 0 atom stereocenters. The van der Waals surface area contributed by atoms with Gasteiger partial charge in [0.25, 0.3) is 0 Å². The molecule has 0 radical (unpaired) electrons. The van der Waals surface area contributed by atoms with Gasteiger partial charge in [0.15, 0.2) is 0 Å². The third-order valence-electron chi connectivity index (χ3n) is 6.13. The first-order valence-corrected chi connectivity index (χ1v) is 6.15. The van der Waals surface area contributed by atoms with Crippen molar-refractivity contribution in [3.63, 3.8) is 0 Å². The van der Waals surface area contributed by atoms with Crippen LogP contribution in [0.2, 0.25) is 0 Å². The summed E-state index contributed by atoms with van der Waals surface area (Å²) in [4.78, 5) is 0. The van der Waals surface area contributed by atoms with Gasteiger partial charge in [-0.1, -0.05) is 13.8 Å². The quantitative estimate of drug-likeness (QED) is 0.657. The van der Waals surface area contributed by atoms with Gasteiger partial charge in [-0.3, -0.25) is 4.70 Å². The number of rotatable bonds is 0. The van der Waals surface area contributed by atoms with E-state index in [4.69, 9.17) is 5.73 Å². The summed E-state index contributed by atoms with van der Waals surface area (Å²) in [5, 5.41) is 0. The first kappa shape index (κ1) is 11.4. The standard InChI is InChI=1S/C13H23N.FH/c1-11-5-9-4-10(6-11)8-12(2,7-9)13(11,3)14;/h9-10H,4-8,14H2,1-3H3;1H. The second-order valence-corrected chi connectivity index (χ2v) is 7.11. The van der Waals surface area contributed by atoms with Crippen LogP contribution in [0.1, 0.15) is 52.9 Å². The van der Waals surface area contributed by atoms with Crippen LogP contribution >= 0.6 is 0 Å². The summed E-state index contributed by atoms with van der Waals surface area (Å²) in [5.41, 5.74) is 7.63. The summed E-state index contributed by atoms with van der Waals surface area (Å²) in [5.74, 6) is 1.99. The van der Waals surface area contributed by atoms with Crippen LogP contribution < -0.4 is 5.73 Å². The van der Waals surface area contributed by atoms with E-state index < -0.39 is 0 Å². The Morgan fingerprint density at radius 2 is 1.20 bits per heavy atom. The van der Waals surface area contributed by atoms with Crippen LogP contribution in [0.3, 0.4) is 0 Å². The van der Waals surface area contributed by atoms with E-state index in [1.165, 1.54) is 32.1 Å². The molecule has 0 aromatic heterocycles. The third kappa shape index (κ3) is 1.12. The molecule has 0 aliphatic heterocycles. The molecule has 2 N–H and O–H groups in total. The lowest BCUT2D eigenvalue weighted by atomic mass is 9.38. The molecule has 0 aromatic carbocycles. The highest BCUT2D eigenvalue weighted by Gasteiger charge is 2.64. The molecule has 0 spiro atoms. The van der Waals surface area contributed by atoms with Crippen molar-refractivity contribution in [2.45, 2.75) is 58.4 Å². The van der Waals surface area contributed by atoms with Gasteiger partial charge in [0.2, 0.25) is 0 Å². The van der Waals surface area contributed by atoms with Crippen LogP contribution in [-0.4, -0.2) is 5.54 Å². The van der Waals surface area contributed by atoms with Crippen molar-refractivity contribution in [3.05, 3.63) is 0 Å². The Kier molecular flexibility index (Phi) is 2.10. The van der Waals surface area contributed by atoms with Gasteiger partial charge in [-0.05, 0) is 61.7 Å². The molecule has 88 valence electrons. The Hall–Kier alpha value is -0.110. The number of nitrogens with two attached hydrogens (primary N) is 1. The molecule has 0 unspecified atom stereocenters. The van der Waals surface area contributed by atoms with Crippen LogP contribution in [0.15, 0.2) is 0 Å². The molecule has 4 aliphatic carbocycles. The summed E-state index contributed by atoms with van der Waals surface area (Å²) in [6, 6.07) is 0. The highest BCUT2D eigenvalue weighted by molar-refractivity contribution is 5.18. The molecule has 4 rings (SSSR count). The third-order valence-corrected chi connectivity index (χ3v) is 6.13. The van der Waals surface area contributed by atoms with E-state index in [1.54, 1.807) is 0 Å². The molecular formula is C13H24FN.